The van der Waals surface area contributed by atoms with Gasteiger partial charge in [-0.25, -0.2) is 4.79 Å². The first-order valence-electron chi connectivity index (χ1n) is 6.82. The van der Waals surface area contributed by atoms with E-state index in [9.17, 15) is 9.59 Å². The van der Waals surface area contributed by atoms with E-state index in [4.69, 9.17) is 5.11 Å². The van der Waals surface area contributed by atoms with Crippen LogP contribution < -0.4 is 5.32 Å². The summed E-state index contributed by atoms with van der Waals surface area (Å²) in [6, 6.07) is 6.64. The summed E-state index contributed by atoms with van der Waals surface area (Å²) in [4.78, 5) is 23.6. The van der Waals surface area contributed by atoms with Crippen molar-refractivity contribution in [1.29, 1.82) is 0 Å². The molecule has 1 aromatic carbocycles. The van der Waals surface area contributed by atoms with Crippen LogP contribution >= 0.6 is 11.8 Å². The van der Waals surface area contributed by atoms with Crippen molar-refractivity contribution in [2.45, 2.75) is 43.3 Å². The number of benzene rings is 1. The number of carbonyl (C=O) groups is 2. The molecule has 1 unspecified atom stereocenters. The van der Waals surface area contributed by atoms with Gasteiger partial charge in [-0.1, -0.05) is 25.8 Å². The first-order valence-corrected chi connectivity index (χ1v) is 7.70. The summed E-state index contributed by atoms with van der Waals surface area (Å²) >= 11 is 1.37. The van der Waals surface area contributed by atoms with Gasteiger partial charge in [-0.05, 0) is 31.5 Å². The van der Waals surface area contributed by atoms with E-state index < -0.39 is 5.97 Å². The number of rotatable bonds is 8. The zero-order chi connectivity index (χ0) is 15.0. The average Bonchev–Trinajstić information content (AvgIpc) is 2.43. The van der Waals surface area contributed by atoms with E-state index >= 15 is 0 Å². The van der Waals surface area contributed by atoms with Crippen molar-refractivity contribution < 1.29 is 14.7 Å². The fourth-order valence-electron chi connectivity index (χ4n) is 1.69. The van der Waals surface area contributed by atoms with Crippen molar-refractivity contribution in [3.8, 4) is 0 Å². The quantitative estimate of drug-likeness (QED) is 0.571. The number of hydrogen-bond donors (Lipinski definition) is 2. The molecule has 1 rings (SSSR count). The van der Waals surface area contributed by atoms with Gasteiger partial charge in [0.1, 0.15) is 0 Å². The minimum Gasteiger partial charge on any atom is -0.478 e. The lowest BCUT2D eigenvalue weighted by Crippen LogP contribution is -2.31. The molecule has 0 aromatic heterocycles. The Morgan fingerprint density at radius 3 is 2.75 bits per heavy atom. The summed E-state index contributed by atoms with van der Waals surface area (Å²) in [5.41, 5.74) is 0.241. The van der Waals surface area contributed by atoms with Gasteiger partial charge >= 0.3 is 5.97 Å². The van der Waals surface area contributed by atoms with Crippen LogP contribution in [0.15, 0.2) is 29.2 Å². The highest BCUT2D eigenvalue weighted by Gasteiger charge is 2.14. The molecule has 0 radical (unpaired) electrons. The normalized spacial score (nSPS) is 11.9. The Balaban J connectivity index is 2.48. The van der Waals surface area contributed by atoms with Crippen LogP contribution in [-0.4, -0.2) is 28.8 Å². The Morgan fingerprint density at radius 1 is 1.35 bits per heavy atom. The van der Waals surface area contributed by atoms with Crippen molar-refractivity contribution in [2.75, 3.05) is 6.54 Å². The molecule has 0 aliphatic carbocycles. The van der Waals surface area contributed by atoms with Crippen LogP contribution in [0.2, 0.25) is 0 Å². The lowest BCUT2D eigenvalue weighted by atomic mass is 10.2. The fourth-order valence-corrected chi connectivity index (χ4v) is 2.64. The average molecular weight is 295 g/mol. The molecule has 20 heavy (non-hydrogen) atoms. The van der Waals surface area contributed by atoms with Crippen LogP contribution in [0.1, 0.15) is 43.5 Å². The molecule has 0 saturated heterocycles. The number of carbonyl (C=O) groups excluding carboxylic acids is 1. The largest absolute Gasteiger partial charge is 0.478 e. The molecule has 1 aromatic rings. The summed E-state index contributed by atoms with van der Waals surface area (Å²) in [6.07, 6.45) is 3.23. The van der Waals surface area contributed by atoms with Crippen LogP contribution in [0, 0.1) is 0 Å². The Bertz CT molecular complexity index is 462. The van der Waals surface area contributed by atoms with Gasteiger partial charge < -0.3 is 10.4 Å². The molecule has 0 heterocycles. The smallest absolute Gasteiger partial charge is 0.335 e. The van der Waals surface area contributed by atoms with Crippen LogP contribution in [0.25, 0.3) is 0 Å². The number of nitrogens with one attached hydrogen (secondary N) is 1. The van der Waals surface area contributed by atoms with Gasteiger partial charge in [0.15, 0.2) is 0 Å². The number of thioether (sulfide) groups is 1. The van der Waals surface area contributed by atoms with Gasteiger partial charge in [-0.15, -0.1) is 11.8 Å². The molecule has 4 nitrogen and oxygen atoms in total. The van der Waals surface area contributed by atoms with Crippen molar-refractivity contribution in [3.63, 3.8) is 0 Å². The highest BCUT2D eigenvalue weighted by atomic mass is 32.2. The van der Waals surface area contributed by atoms with Crippen LogP contribution in [0.4, 0.5) is 0 Å². The highest BCUT2D eigenvalue weighted by Crippen LogP contribution is 2.24. The van der Waals surface area contributed by atoms with Gasteiger partial charge in [0.2, 0.25) is 5.91 Å². The first kappa shape index (κ1) is 16.6. The minimum atomic E-state index is -0.955. The molecular formula is C15H21NO3S. The second-order valence-electron chi connectivity index (χ2n) is 4.59. The van der Waals surface area contributed by atoms with E-state index in [1.165, 1.54) is 11.8 Å². The summed E-state index contributed by atoms with van der Waals surface area (Å²) in [6.45, 7) is 4.65. The summed E-state index contributed by atoms with van der Waals surface area (Å²) in [5.74, 6) is -0.962. The van der Waals surface area contributed by atoms with E-state index in [1.807, 2.05) is 13.0 Å². The molecular weight excluding hydrogens is 274 g/mol. The number of carboxylic acids is 1. The Labute approximate surface area is 124 Å². The molecule has 110 valence electrons. The minimum absolute atomic E-state index is 0.00756. The number of hydrogen-bond acceptors (Lipinski definition) is 3. The van der Waals surface area contributed by atoms with Gasteiger partial charge in [0.25, 0.3) is 0 Å². The third kappa shape index (κ3) is 5.65. The van der Waals surface area contributed by atoms with Crippen LogP contribution in [0.5, 0.6) is 0 Å². The van der Waals surface area contributed by atoms with Gasteiger partial charge in [-0.3, -0.25) is 4.79 Å². The van der Waals surface area contributed by atoms with E-state index in [0.717, 1.165) is 24.2 Å². The monoisotopic (exact) mass is 295 g/mol. The Morgan fingerprint density at radius 2 is 2.10 bits per heavy atom. The molecule has 1 atom stereocenters. The second kappa shape index (κ2) is 8.64. The Hall–Kier alpha value is -1.49. The van der Waals surface area contributed by atoms with Crippen LogP contribution in [0.3, 0.4) is 0 Å². The molecule has 0 bridgehead atoms. The SMILES string of the molecule is CCCCCNC(=O)C(C)Sc1cccc(C(=O)O)c1. The number of amides is 1. The lowest BCUT2D eigenvalue weighted by Gasteiger charge is -2.12. The van der Waals surface area contributed by atoms with Crippen molar-refractivity contribution in [3.05, 3.63) is 29.8 Å². The Kier molecular flexibility index (Phi) is 7.15. The first-order chi connectivity index (χ1) is 9.54. The molecule has 5 heteroatoms. The molecule has 0 aliphatic heterocycles. The number of aromatic carboxylic acids is 1. The lowest BCUT2D eigenvalue weighted by molar-refractivity contribution is -0.120. The number of carboxylic acid groups (broad SMARTS) is 1. The third-order valence-electron chi connectivity index (χ3n) is 2.84. The second-order valence-corrected chi connectivity index (χ2v) is 6.01. The topological polar surface area (TPSA) is 66.4 Å². The maximum absolute atomic E-state index is 11.9. The predicted octanol–water partition coefficient (Wildman–Crippen LogP) is 3.17. The van der Waals surface area contributed by atoms with E-state index in [0.29, 0.717) is 6.54 Å². The zero-order valence-electron chi connectivity index (χ0n) is 11.9. The predicted molar refractivity (Wildman–Crippen MR) is 81.3 cm³/mol. The summed E-state index contributed by atoms with van der Waals surface area (Å²) in [5, 5.41) is 11.6. The maximum atomic E-state index is 11.9. The summed E-state index contributed by atoms with van der Waals surface area (Å²) in [7, 11) is 0. The van der Waals surface area contributed by atoms with Crippen molar-refractivity contribution in [2.24, 2.45) is 0 Å². The molecule has 0 aliphatic rings. The van der Waals surface area contributed by atoms with E-state index in [2.05, 4.69) is 12.2 Å². The third-order valence-corrected chi connectivity index (χ3v) is 3.94. The standard InChI is InChI=1S/C15H21NO3S/c1-3-4-5-9-16-14(17)11(2)20-13-8-6-7-12(10-13)15(18)19/h6-8,10-11H,3-5,9H2,1-2H3,(H,16,17)(H,18,19). The molecule has 0 spiro atoms. The van der Waals surface area contributed by atoms with Gasteiger partial charge in [0.05, 0.1) is 10.8 Å². The molecule has 1 amide bonds. The van der Waals surface area contributed by atoms with E-state index in [1.54, 1.807) is 18.2 Å². The number of unbranched alkanes of at least 4 members (excludes halogenated alkanes) is 2. The summed E-state index contributed by atoms with van der Waals surface area (Å²) < 4.78 is 0. The maximum Gasteiger partial charge on any atom is 0.335 e. The fraction of sp³-hybridized carbons (Fsp3) is 0.467. The van der Waals surface area contributed by atoms with Gasteiger partial charge in [0, 0.05) is 11.4 Å². The van der Waals surface area contributed by atoms with Crippen molar-refractivity contribution >= 4 is 23.6 Å². The highest BCUT2D eigenvalue weighted by molar-refractivity contribution is 8.00. The van der Waals surface area contributed by atoms with Crippen molar-refractivity contribution in [1.82, 2.24) is 5.32 Å². The molecule has 0 saturated carbocycles. The van der Waals surface area contributed by atoms with E-state index in [-0.39, 0.29) is 16.7 Å². The molecule has 2 N–H and O–H groups in total. The zero-order valence-corrected chi connectivity index (χ0v) is 12.7. The van der Waals surface area contributed by atoms with Crippen LogP contribution in [-0.2, 0) is 4.79 Å². The van der Waals surface area contributed by atoms with Gasteiger partial charge in [-0.2, -0.15) is 0 Å². The molecule has 0 fully saturated rings.